The van der Waals surface area contributed by atoms with Gasteiger partial charge in [0.05, 0.1) is 24.0 Å². The van der Waals surface area contributed by atoms with E-state index in [-0.39, 0.29) is 17.3 Å². The molecule has 0 aliphatic heterocycles. The van der Waals surface area contributed by atoms with Crippen LogP contribution < -0.4 is 15.8 Å². The first-order chi connectivity index (χ1) is 8.61. The summed E-state index contributed by atoms with van der Waals surface area (Å²) in [6.45, 7) is 0. The molecule has 0 fully saturated rings. The number of nitrogens with one attached hydrogen (secondary N) is 2. The highest BCUT2D eigenvalue weighted by Crippen LogP contribution is 2.27. The van der Waals surface area contributed by atoms with Crippen molar-refractivity contribution in [1.29, 1.82) is 0 Å². The summed E-state index contributed by atoms with van der Waals surface area (Å²) in [5.41, 5.74) is 6.61. The van der Waals surface area contributed by atoms with Crippen molar-refractivity contribution in [1.82, 2.24) is 10.2 Å². The van der Waals surface area contributed by atoms with Crippen molar-refractivity contribution in [3.63, 3.8) is 0 Å². The molecule has 18 heavy (non-hydrogen) atoms. The van der Waals surface area contributed by atoms with Crippen molar-refractivity contribution in [2.75, 3.05) is 18.2 Å². The zero-order valence-corrected chi connectivity index (χ0v) is 10.3. The highest BCUT2D eigenvalue weighted by Gasteiger charge is 2.12. The summed E-state index contributed by atoms with van der Waals surface area (Å²) in [5.74, 6) is 0.155. The molecule has 2 aromatic rings. The van der Waals surface area contributed by atoms with E-state index >= 15 is 0 Å². The summed E-state index contributed by atoms with van der Waals surface area (Å²) in [6, 6.07) is 4.92. The highest BCUT2D eigenvalue weighted by molar-refractivity contribution is 6.32. The molecular weight excluding hydrogens is 256 g/mol. The molecule has 0 aliphatic carbocycles. The number of rotatable bonds is 3. The molecule has 0 atom stereocenters. The van der Waals surface area contributed by atoms with Gasteiger partial charge in [-0.2, -0.15) is 5.10 Å². The second-order valence-corrected chi connectivity index (χ2v) is 3.91. The van der Waals surface area contributed by atoms with Crippen molar-refractivity contribution in [2.45, 2.75) is 0 Å². The third-order valence-corrected chi connectivity index (χ3v) is 2.60. The van der Waals surface area contributed by atoms with Crippen LogP contribution in [0.3, 0.4) is 0 Å². The number of methoxy groups -OCH3 is 1. The third kappa shape index (κ3) is 2.38. The second kappa shape index (κ2) is 4.97. The Morgan fingerprint density at radius 1 is 1.56 bits per heavy atom. The molecule has 7 heteroatoms. The molecule has 1 heterocycles. The molecule has 0 bridgehead atoms. The maximum Gasteiger partial charge on any atom is 0.275 e. The van der Waals surface area contributed by atoms with Crippen molar-refractivity contribution >= 4 is 28.9 Å². The molecule has 1 aromatic carbocycles. The number of carbonyl (C=O) groups excluding carboxylic acids is 1. The van der Waals surface area contributed by atoms with Crippen molar-refractivity contribution in [3.05, 3.63) is 35.1 Å². The molecule has 1 amide bonds. The number of hydrogen-bond donors (Lipinski definition) is 3. The quantitative estimate of drug-likeness (QED) is 0.791. The normalized spacial score (nSPS) is 10.1. The van der Waals surface area contributed by atoms with Gasteiger partial charge in [-0.05, 0) is 18.2 Å². The number of H-pyrrole nitrogens is 1. The molecule has 4 N–H and O–H groups in total. The Labute approximate surface area is 108 Å². The largest absolute Gasteiger partial charge is 0.495 e. The SMILES string of the molecule is COc1ccc(NC(=O)c2[nH]ncc2N)cc1Cl. The lowest BCUT2D eigenvalue weighted by molar-refractivity contribution is 0.102. The van der Waals surface area contributed by atoms with Crippen LogP contribution in [0.4, 0.5) is 11.4 Å². The summed E-state index contributed by atoms with van der Waals surface area (Å²) in [7, 11) is 1.52. The van der Waals surface area contributed by atoms with Crippen LogP contribution in [0.25, 0.3) is 0 Å². The molecule has 2 rings (SSSR count). The van der Waals surface area contributed by atoms with Crippen LogP contribution in [0.5, 0.6) is 5.75 Å². The Kier molecular flexibility index (Phi) is 3.38. The average Bonchev–Trinajstić information content (AvgIpc) is 2.76. The second-order valence-electron chi connectivity index (χ2n) is 3.50. The predicted octanol–water partition coefficient (Wildman–Crippen LogP) is 1.91. The predicted molar refractivity (Wildman–Crippen MR) is 69.0 cm³/mol. The lowest BCUT2D eigenvalue weighted by Gasteiger charge is -2.07. The van der Waals surface area contributed by atoms with Gasteiger partial charge in [0, 0.05) is 5.69 Å². The van der Waals surface area contributed by atoms with E-state index in [1.807, 2.05) is 0 Å². The molecule has 6 nitrogen and oxygen atoms in total. The van der Waals surface area contributed by atoms with Crippen LogP contribution in [-0.4, -0.2) is 23.2 Å². The Balaban J connectivity index is 2.17. The van der Waals surface area contributed by atoms with E-state index in [1.54, 1.807) is 18.2 Å². The smallest absolute Gasteiger partial charge is 0.275 e. The van der Waals surface area contributed by atoms with Crippen molar-refractivity contribution in [3.8, 4) is 5.75 Å². The Morgan fingerprint density at radius 3 is 2.89 bits per heavy atom. The zero-order chi connectivity index (χ0) is 13.1. The monoisotopic (exact) mass is 266 g/mol. The van der Waals surface area contributed by atoms with Crippen LogP contribution in [0.15, 0.2) is 24.4 Å². The first-order valence-corrected chi connectivity index (χ1v) is 5.43. The number of hydrogen-bond acceptors (Lipinski definition) is 4. The number of amides is 1. The minimum absolute atomic E-state index is 0.210. The molecule has 0 aliphatic rings. The van der Waals surface area contributed by atoms with Gasteiger partial charge in [0.1, 0.15) is 11.4 Å². The summed E-state index contributed by atoms with van der Waals surface area (Å²) >= 11 is 5.95. The van der Waals surface area contributed by atoms with Gasteiger partial charge in [0.25, 0.3) is 5.91 Å². The van der Waals surface area contributed by atoms with E-state index in [4.69, 9.17) is 22.1 Å². The van der Waals surface area contributed by atoms with Gasteiger partial charge < -0.3 is 15.8 Å². The van der Waals surface area contributed by atoms with Crippen molar-refractivity contribution < 1.29 is 9.53 Å². The number of carbonyl (C=O) groups is 1. The first-order valence-electron chi connectivity index (χ1n) is 5.05. The van der Waals surface area contributed by atoms with Crippen LogP contribution >= 0.6 is 11.6 Å². The van der Waals surface area contributed by atoms with Gasteiger partial charge in [0.2, 0.25) is 0 Å². The van der Waals surface area contributed by atoms with E-state index in [0.717, 1.165) is 0 Å². The van der Waals surface area contributed by atoms with Gasteiger partial charge in [-0.3, -0.25) is 9.89 Å². The molecule has 0 unspecified atom stereocenters. The van der Waals surface area contributed by atoms with E-state index < -0.39 is 0 Å². The van der Waals surface area contributed by atoms with Gasteiger partial charge in [0.15, 0.2) is 0 Å². The van der Waals surface area contributed by atoms with Gasteiger partial charge in [-0.25, -0.2) is 0 Å². The zero-order valence-electron chi connectivity index (χ0n) is 9.53. The van der Waals surface area contributed by atoms with Gasteiger partial charge >= 0.3 is 0 Å². The average molecular weight is 267 g/mol. The van der Waals surface area contributed by atoms with E-state index in [0.29, 0.717) is 16.5 Å². The number of aromatic amines is 1. The maximum absolute atomic E-state index is 11.8. The fourth-order valence-corrected chi connectivity index (χ4v) is 1.67. The Hall–Kier alpha value is -2.21. The minimum atomic E-state index is -0.383. The van der Waals surface area contributed by atoms with Crippen molar-refractivity contribution in [2.24, 2.45) is 0 Å². The van der Waals surface area contributed by atoms with Crippen LogP contribution in [0, 0.1) is 0 Å². The topological polar surface area (TPSA) is 93.0 Å². The van der Waals surface area contributed by atoms with E-state index in [1.165, 1.54) is 13.3 Å². The van der Waals surface area contributed by atoms with Crippen LogP contribution in [-0.2, 0) is 0 Å². The van der Waals surface area contributed by atoms with Crippen LogP contribution in [0.1, 0.15) is 10.5 Å². The van der Waals surface area contributed by atoms with Crippen LogP contribution in [0.2, 0.25) is 5.02 Å². The lowest BCUT2D eigenvalue weighted by Crippen LogP contribution is -2.14. The lowest BCUT2D eigenvalue weighted by atomic mass is 10.3. The Morgan fingerprint density at radius 2 is 2.33 bits per heavy atom. The van der Waals surface area contributed by atoms with E-state index in [2.05, 4.69) is 15.5 Å². The maximum atomic E-state index is 11.8. The molecule has 94 valence electrons. The summed E-state index contributed by atoms with van der Waals surface area (Å²) in [6.07, 6.45) is 1.37. The molecular formula is C11H11ClN4O2. The molecule has 0 saturated heterocycles. The summed E-state index contributed by atoms with van der Waals surface area (Å²) in [5, 5.41) is 9.25. The third-order valence-electron chi connectivity index (χ3n) is 2.31. The number of benzene rings is 1. The standard InChI is InChI=1S/C11H11ClN4O2/c1-18-9-3-2-6(4-7(9)12)15-11(17)10-8(13)5-14-16-10/h2-5H,13H2,1H3,(H,14,16)(H,15,17). The number of aromatic nitrogens is 2. The Bertz CT molecular complexity index is 582. The minimum Gasteiger partial charge on any atom is -0.495 e. The number of anilines is 2. The highest BCUT2D eigenvalue weighted by atomic mass is 35.5. The van der Waals surface area contributed by atoms with Gasteiger partial charge in [-0.15, -0.1) is 0 Å². The number of nitrogen functional groups attached to an aromatic ring is 1. The molecule has 0 saturated carbocycles. The first kappa shape index (κ1) is 12.3. The number of halogens is 1. The fraction of sp³-hybridized carbons (Fsp3) is 0.0909. The van der Waals surface area contributed by atoms with Gasteiger partial charge in [-0.1, -0.05) is 11.6 Å². The van der Waals surface area contributed by atoms with E-state index in [9.17, 15) is 4.79 Å². The molecule has 0 radical (unpaired) electrons. The summed E-state index contributed by atoms with van der Waals surface area (Å²) in [4.78, 5) is 11.8. The number of ether oxygens (including phenoxy) is 1. The molecule has 1 aromatic heterocycles. The fourth-order valence-electron chi connectivity index (χ4n) is 1.42. The number of nitrogens with two attached hydrogens (primary N) is 1. The molecule has 0 spiro atoms. The summed E-state index contributed by atoms with van der Waals surface area (Å²) < 4.78 is 5.02. The number of nitrogens with zero attached hydrogens (tertiary/aromatic N) is 1.